The van der Waals surface area contributed by atoms with Crippen molar-refractivity contribution in [3.05, 3.63) is 46.7 Å². The number of sulfonamides is 1. The van der Waals surface area contributed by atoms with Crippen molar-refractivity contribution in [3.63, 3.8) is 0 Å². The van der Waals surface area contributed by atoms with Gasteiger partial charge in [-0.15, -0.1) is 11.3 Å². The van der Waals surface area contributed by atoms with Gasteiger partial charge in [-0.3, -0.25) is 9.59 Å². The molecule has 3 heterocycles. The van der Waals surface area contributed by atoms with Crippen LogP contribution >= 0.6 is 11.3 Å². The molecule has 1 atom stereocenters. The largest absolute Gasteiger partial charge is 0.497 e. The standard InChI is InChI=1S/C23H29N3O5S2/c1-31-18-7-9-19(10-8-18)33(29,30)25-14-11-17(12-15-25)24-22(27)20-5-2-3-13-26(20)23(28)21-6-4-16-32-21/h4,6-10,16-17,20H,2-3,5,11-15H2,1H3,(H,24,27). The maximum absolute atomic E-state index is 13.1. The fourth-order valence-electron chi connectivity index (χ4n) is 4.42. The van der Waals surface area contributed by atoms with Crippen LogP contribution in [0.1, 0.15) is 41.8 Å². The maximum atomic E-state index is 13.1. The second kappa shape index (κ2) is 10.2. The molecule has 33 heavy (non-hydrogen) atoms. The molecule has 8 nitrogen and oxygen atoms in total. The van der Waals surface area contributed by atoms with Crippen LogP contribution in [-0.2, 0) is 14.8 Å². The summed E-state index contributed by atoms with van der Waals surface area (Å²) in [4.78, 5) is 28.5. The molecule has 4 rings (SSSR count). The molecule has 1 unspecified atom stereocenters. The smallest absolute Gasteiger partial charge is 0.264 e. The molecule has 0 bridgehead atoms. The van der Waals surface area contributed by atoms with Crippen LogP contribution in [0.5, 0.6) is 5.75 Å². The number of amides is 2. The third-order valence-electron chi connectivity index (χ3n) is 6.30. The van der Waals surface area contributed by atoms with E-state index in [1.807, 2.05) is 11.4 Å². The third-order valence-corrected chi connectivity index (χ3v) is 9.07. The van der Waals surface area contributed by atoms with Crippen molar-refractivity contribution in [2.24, 2.45) is 0 Å². The summed E-state index contributed by atoms with van der Waals surface area (Å²) in [7, 11) is -2.06. The first kappa shape index (κ1) is 23.7. The number of methoxy groups -OCH3 is 1. The van der Waals surface area contributed by atoms with Gasteiger partial charge in [0.1, 0.15) is 11.8 Å². The number of thiophene rings is 1. The number of benzene rings is 1. The van der Waals surface area contributed by atoms with E-state index in [9.17, 15) is 18.0 Å². The number of hydrogen-bond acceptors (Lipinski definition) is 6. The van der Waals surface area contributed by atoms with Crippen LogP contribution in [0.3, 0.4) is 0 Å². The number of rotatable bonds is 6. The van der Waals surface area contributed by atoms with Crippen molar-refractivity contribution in [3.8, 4) is 5.75 Å². The fourth-order valence-corrected chi connectivity index (χ4v) is 6.57. The average molecular weight is 492 g/mol. The number of nitrogens with zero attached hydrogens (tertiary/aromatic N) is 2. The van der Waals surface area contributed by atoms with E-state index in [2.05, 4.69) is 5.32 Å². The molecule has 2 aliphatic heterocycles. The van der Waals surface area contributed by atoms with Gasteiger partial charge in [-0.1, -0.05) is 6.07 Å². The fraction of sp³-hybridized carbons (Fsp3) is 0.478. The molecule has 2 fully saturated rings. The Morgan fingerprint density at radius 2 is 1.76 bits per heavy atom. The van der Waals surface area contributed by atoms with Gasteiger partial charge in [0, 0.05) is 25.7 Å². The second-order valence-corrected chi connectivity index (χ2v) is 11.2. The van der Waals surface area contributed by atoms with Gasteiger partial charge in [0.05, 0.1) is 16.9 Å². The Balaban J connectivity index is 1.35. The van der Waals surface area contributed by atoms with Gasteiger partial charge >= 0.3 is 0 Å². The Labute approximate surface area is 198 Å². The van der Waals surface area contributed by atoms with E-state index in [-0.39, 0.29) is 22.8 Å². The molecular formula is C23H29N3O5S2. The van der Waals surface area contributed by atoms with E-state index in [0.717, 1.165) is 12.8 Å². The van der Waals surface area contributed by atoms with Crippen LogP contribution < -0.4 is 10.1 Å². The quantitative estimate of drug-likeness (QED) is 0.670. The van der Waals surface area contributed by atoms with Crippen molar-refractivity contribution in [2.45, 2.75) is 49.1 Å². The van der Waals surface area contributed by atoms with E-state index in [1.165, 1.54) is 22.8 Å². The van der Waals surface area contributed by atoms with E-state index < -0.39 is 16.1 Å². The van der Waals surface area contributed by atoms with E-state index in [0.29, 0.717) is 49.5 Å². The second-order valence-electron chi connectivity index (χ2n) is 8.35. The van der Waals surface area contributed by atoms with Crippen LogP contribution in [-0.4, -0.2) is 68.3 Å². The summed E-state index contributed by atoms with van der Waals surface area (Å²) < 4.78 is 32.5. The van der Waals surface area contributed by atoms with Gasteiger partial charge in [-0.25, -0.2) is 8.42 Å². The Kier molecular flexibility index (Phi) is 7.35. The molecule has 178 valence electrons. The summed E-state index contributed by atoms with van der Waals surface area (Å²) in [6, 6.07) is 9.39. The van der Waals surface area contributed by atoms with Crippen molar-refractivity contribution < 1.29 is 22.7 Å². The van der Waals surface area contributed by atoms with Gasteiger partial charge in [-0.05, 0) is 67.8 Å². The lowest BCUT2D eigenvalue weighted by Gasteiger charge is -2.37. The van der Waals surface area contributed by atoms with Crippen LogP contribution in [0.2, 0.25) is 0 Å². The van der Waals surface area contributed by atoms with Crippen molar-refractivity contribution >= 4 is 33.2 Å². The van der Waals surface area contributed by atoms with E-state index in [1.54, 1.807) is 35.2 Å². The molecule has 2 aliphatic rings. The Morgan fingerprint density at radius 1 is 1.03 bits per heavy atom. The van der Waals surface area contributed by atoms with Crippen LogP contribution in [0, 0.1) is 0 Å². The molecule has 1 aromatic heterocycles. The number of carbonyl (C=O) groups excluding carboxylic acids is 2. The molecule has 1 N–H and O–H groups in total. The minimum atomic E-state index is -3.59. The molecular weight excluding hydrogens is 462 g/mol. The third kappa shape index (κ3) is 5.23. The average Bonchev–Trinajstić information content (AvgIpc) is 3.39. The van der Waals surface area contributed by atoms with Crippen LogP contribution in [0.15, 0.2) is 46.7 Å². The Morgan fingerprint density at radius 3 is 2.39 bits per heavy atom. The Hall–Kier alpha value is -2.43. The lowest BCUT2D eigenvalue weighted by Crippen LogP contribution is -2.55. The van der Waals surface area contributed by atoms with Crippen molar-refractivity contribution in [1.82, 2.24) is 14.5 Å². The van der Waals surface area contributed by atoms with E-state index in [4.69, 9.17) is 4.74 Å². The highest BCUT2D eigenvalue weighted by Gasteiger charge is 2.35. The number of piperidine rings is 2. The topological polar surface area (TPSA) is 96.0 Å². The molecule has 0 radical (unpaired) electrons. The monoisotopic (exact) mass is 491 g/mol. The van der Waals surface area contributed by atoms with Crippen molar-refractivity contribution in [1.29, 1.82) is 0 Å². The Bertz CT molecular complexity index is 1060. The van der Waals surface area contributed by atoms with Gasteiger partial charge in [0.15, 0.2) is 0 Å². The summed E-state index contributed by atoms with van der Waals surface area (Å²) in [6.07, 6.45) is 3.51. The van der Waals surface area contributed by atoms with E-state index >= 15 is 0 Å². The van der Waals surface area contributed by atoms with Crippen molar-refractivity contribution in [2.75, 3.05) is 26.7 Å². The minimum absolute atomic E-state index is 0.0924. The molecule has 0 saturated carbocycles. The summed E-state index contributed by atoms with van der Waals surface area (Å²) >= 11 is 1.38. The number of hydrogen-bond donors (Lipinski definition) is 1. The maximum Gasteiger partial charge on any atom is 0.264 e. The van der Waals surface area contributed by atoms with Gasteiger partial charge in [-0.2, -0.15) is 4.31 Å². The molecule has 0 spiro atoms. The highest BCUT2D eigenvalue weighted by molar-refractivity contribution is 7.89. The molecule has 2 aromatic rings. The molecule has 2 saturated heterocycles. The van der Waals surface area contributed by atoms with Crippen LogP contribution in [0.25, 0.3) is 0 Å². The molecule has 10 heteroatoms. The number of nitrogens with one attached hydrogen (secondary N) is 1. The lowest BCUT2D eigenvalue weighted by molar-refractivity contribution is -0.127. The zero-order valence-electron chi connectivity index (χ0n) is 18.6. The number of carbonyl (C=O) groups is 2. The molecule has 0 aliphatic carbocycles. The normalized spacial score (nSPS) is 20.4. The predicted molar refractivity (Wildman–Crippen MR) is 126 cm³/mol. The lowest BCUT2D eigenvalue weighted by atomic mass is 9.99. The highest BCUT2D eigenvalue weighted by atomic mass is 32.2. The first-order chi connectivity index (χ1) is 15.9. The molecule has 1 aromatic carbocycles. The first-order valence-electron chi connectivity index (χ1n) is 11.2. The molecule has 2 amide bonds. The first-order valence-corrected chi connectivity index (χ1v) is 13.5. The highest BCUT2D eigenvalue weighted by Crippen LogP contribution is 2.25. The SMILES string of the molecule is COc1ccc(S(=O)(=O)N2CCC(NC(=O)C3CCCCN3C(=O)c3cccs3)CC2)cc1. The number of ether oxygens (including phenoxy) is 1. The minimum Gasteiger partial charge on any atom is -0.497 e. The zero-order valence-corrected chi connectivity index (χ0v) is 20.2. The summed E-state index contributed by atoms with van der Waals surface area (Å²) in [6.45, 7) is 1.25. The zero-order chi connectivity index (χ0) is 23.4. The number of likely N-dealkylation sites (tertiary alicyclic amines) is 1. The summed E-state index contributed by atoms with van der Waals surface area (Å²) in [5.41, 5.74) is 0. The summed E-state index contributed by atoms with van der Waals surface area (Å²) in [5, 5.41) is 4.94. The van der Waals surface area contributed by atoms with Gasteiger partial charge in [0.25, 0.3) is 5.91 Å². The summed E-state index contributed by atoms with van der Waals surface area (Å²) in [5.74, 6) is 0.367. The van der Waals surface area contributed by atoms with Gasteiger partial charge in [0.2, 0.25) is 15.9 Å². The predicted octanol–water partition coefficient (Wildman–Crippen LogP) is 2.72. The van der Waals surface area contributed by atoms with Gasteiger partial charge < -0.3 is 15.0 Å². The van der Waals surface area contributed by atoms with Crippen LogP contribution in [0.4, 0.5) is 0 Å².